The number of carboxylic acid groups (broad SMARTS) is 1. The summed E-state index contributed by atoms with van der Waals surface area (Å²) >= 11 is 0. The van der Waals surface area contributed by atoms with E-state index in [1.807, 2.05) is 95.3 Å². The standard InChI is InChI=1S/C38H49N5O6/c1-24(2)43(35(46)47)29-18-12-25(13-19-29)20-32(44)39-31-21-30(26-10-8-7-9-11-26)33(42-41-31)27-14-16-28(17-15-27)38(22-37(6,48)23-38)40-34(45)49-36(3,4)5/h7-11,14-17,21,24-25,29,48H,12-13,18-20,22-23H2,1-6H3,(H,40,45)(H,46,47)(H,39,41,44)/t25?,29?,37-,38-. The van der Waals surface area contributed by atoms with E-state index in [1.54, 1.807) is 6.92 Å². The Morgan fingerprint density at radius 1 is 0.959 bits per heavy atom. The number of ether oxygens (including phenoxy) is 1. The third-order valence-corrected chi connectivity index (χ3v) is 9.42. The molecule has 0 radical (unpaired) electrons. The zero-order valence-corrected chi connectivity index (χ0v) is 29.3. The second-order valence-electron chi connectivity index (χ2n) is 15.2. The molecule has 262 valence electrons. The van der Waals surface area contributed by atoms with E-state index in [9.17, 15) is 24.6 Å². The Labute approximate surface area is 288 Å². The number of hydrogen-bond acceptors (Lipinski definition) is 7. The number of carbonyl (C=O) groups is 3. The van der Waals surface area contributed by atoms with Gasteiger partial charge in [0, 0.05) is 42.5 Å². The maximum Gasteiger partial charge on any atom is 0.408 e. The molecule has 49 heavy (non-hydrogen) atoms. The van der Waals surface area contributed by atoms with Crippen LogP contribution in [0.1, 0.15) is 92.1 Å². The Hall–Kier alpha value is -4.51. The molecule has 0 unspecified atom stereocenters. The summed E-state index contributed by atoms with van der Waals surface area (Å²) in [6.45, 7) is 11.0. The van der Waals surface area contributed by atoms with Crippen molar-refractivity contribution in [3.05, 3.63) is 66.2 Å². The third-order valence-electron chi connectivity index (χ3n) is 9.42. The lowest BCUT2D eigenvalue weighted by Crippen LogP contribution is -2.62. The molecule has 11 nitrogen and oxygen atoms in total. The SMILES string of the molecule is CC(C)N(C(=O)O)C1CCC(CC(=O)Nc2cc(-c3ccccc3)c(-c3ccc([C@]4(NC(=O)OC(C)(C)C)C[C@](C)(O)C4)cc3)nn2)CC1. The van der Waals surface area contributed by atoms with Crippen LogP contribution in [0.3, 0.4) is 0 Å². The number of nitrogens with zero attached hydrogens (tertiary/aromatic N) is 3. The molecule has 0 bridgehead atoms. The van der Waals surface area contributed by atoms with Gasteiger partial charge in [-0.1, -0.05) is 54.6 Å². The molecule has 2 aliphatic carbocycles. The smallest absolute Gasteiger partial charge is 0.408 e. The minimum atomic E-state index is -0.908. The molecule has 1 heterocycles. The van der Waals surface area contributed by atoms with E-state index >= 15 is 0 Å². The van der Waals surface area contributed by atoms with Gasteiger partial charge in [-0.15, -0.1) is 10.2 Å². The lowest BCUT2D eigenvalue weighted by atomic mass is 9.62. The van der Waals surface area contributed by atoms with E-state index in [0.29, 0.717) is 30.8 Å². The van der Waals surface area contributed by atoms with E-state index < -0.39 is 28.9 Å². The first-order valence-electron chi connectivity index (χ1n) is 17.1. The average Bonchev–Trinajstić information content (AvgIpc) is 3.00. The van der Waals surface area contributed by atoms with Gasteiger partial charge in [0.25, 0.3) is 0 Å². The summed E-state index contributed by atoms with van der Waals surface area (Å²) in [5.74, 6) is 0.379. The van der Waals surface area contributed by atoms with Crippen LogP contribution in [0.4, 0.5) is 15.4 Å². The fourth-order valence-corrected chi connectivity index (χ4v) is 7.44. The molecule has 2 saturated carbocycles. The van der Waals surface area contributed by atoms with Crippen molar-refractivity contribution in [2.24, 2.45) is 5.92 Å². The summed E-state index contributed by atoms with van der Waals surface area (Å²) < 4.78 is 5.52. The highest BCUT2D eigenvalue weighted by atomic mass is 16.6. The van der Waals surface area contributed by atoms with Gasteiger partial charge in [-0.2, -0.15) is 0 Å². The first-order valence-corrected chi connectivity index (χ1v) is 17.1. The predicted molar refractivity (Wildman–Crippen MR) is 188 cm³/mol. The monoisotopic (exact) mass is 671 g/mol. The molecule has 2 fully saturated rings. The van der Waals surface area contributed by atoms with Gasteiger partial charge in [0.15, 0.2) is 5.82 Å². The van der Waals surface area contributed by atoms with Gasteiger partial charge >= 0.3 is 12.2 Å². The third kappa shape index (κ3) is 8.75. The molecule has 0 atom stereocenters. The highest BCUT2D eigenvalue weighted by molar-refractivity contribution is 5.91. The van der Waals surface area contributed by atoms with Crippen molar-refractivity contribution >= 4 is 23.9 Å². The van der Waals surface area contributed by atoms with E-state index in [0.717, 1.165) is 47.9 Å². The molecular weight excluding hydrogens is 622 g/mol. The van der Waals surface area contributed by atoms with Crippen molar-refractivity contribution in [3.63, 3.8) is 0 Å². The summed E-state index contributed by atoms with van der Waals surface area (Å²) in [7, 11) is 0. The van der Waals surface area contributed by atoms with Gasteiger partial charge in [-0.05, 0) is 90.3 Å². The van der Waals surface area contributed by atoms with Crippen molar-refractivity contribution in [3.8, 4) is 22.4 Å². The van der Waals surface area contributed by atoms with Gasteiger partial charge in [0.1, 0.15) is 11.3 Å². The molecule has 1 aromatic heterocycles. The van der Waals surface area contributed by atoms with E-state index in [4.69, 9.17) is 4.74 Å². The number of carbonyl (C=O) groups excluding carboxylic acids is 2. The Balaban J connectivity index is 1.32. The predicted octanol–water partition coefficient (Wildman–Crippen LogP) is 7.35. The Bertz CT molecular complexity index is 1640. The average molecular weight is 672 g/mol. The van der Waals surface area contributed by atoms with Gasteiger partial charge in [0.05, 0.1) is 11.1 Å². The van der Waals surface area contributed by atoms with Gasteiger partial charge in [-0.3, -0.25) is 4.79 Å². The van der Waals surface area contributed by atoms with Crippen molar-refractivity contribution in [1.82, 2.24) is 20.4 Å². The number of alkyl carbamates (subject to hydrolysis) is 1. The van der Waals surface area contributed by atoms with Crippen LogP contribution in [0.15, 0.2) is 60.7 Å². The van der Waals surface area contributed by atoms with E-state index in [2.05, 4.69) is 20.8 Å². The fourth-order valence-electron chi connectivity index (χ4n) is 7.44. The zero-order chi connectivity index (χ0) is 35.6. The fraction of sp³-hybridized carbons (Fsp3) is 0.500. The molecule has 2 aliphatic rings. The maximum absolute atomic E-state index is 13.1. The van der Waals surface area contributed by atoms with Crippen LogP contribution < -0.4 is 10.6 Å². The highest BCUT2D eigenvalue weighted by Crippen LogP contribution is 2.48. The van der Waals surface area contributed by atoms with Crippen molar-refractivity contribution in [1.29, 1.82) is 0 Å². The number of benzene rings is 2. The lowest BCUT2D eigenvalue weighted by Gasteiger charge is -2.52. The second kappa shape index (κ2) is 14.2. The molecule has 3 aromatic rings. The number of amides is 3. The van der Waals surface area contributed by atoms with Crippen LogP contribution in [-0.2, 0) is 15.1 Å². The molecule has 0 spiro atoms. The van der Waals surface area contributed by atoms with Gasteiger partial charge in [-0.25, -0.2) is 9.59 Å². The van der Waals surface area contributed by atoms with E-state index in [1.165, 1.54) is 4.90 Å². The minimum Gasteiger partial charge on any atom is -0.465 e. The Kier molecular flexibility index (Phi) is 10.3. The summed E-state index contributed by atoms with van der Waals surface area (Å²) in [5, 5.41) is 35.2. The van der Waals surface area contributed by atoms with Gasteiger partial charge < -0.3 is 30.5 Å². The van der Waals surface area contributed by atoms with Crippen molar-refractivity contribution in [2.75, 3.05) is 5.32 Å². The van der Waals surface area contributed by atoms with E-state index in [-0.39, 0.29) is 23.9 Å². The Morgan fingerprint density at radius 2 is 1.59 bits per heavy atom. The first kappa shape index (κ1) is 35.8. The normalized spacial score (nSPS) is 23.7. The summed E-state index contributed by atoms with van der Waals surface area (Å²) in [5.41, 5.74) is 1.67. The zero-order valence-electron chi connectivity index (χ0n) is 29.3. The van der Waals surface area contributed by atoms with Crippen LogP contribution >= 0.6 is 0 Å². The van der Waals surface area contributed by atoms with Crippen LogP contribution in [0.5, 0.6) is 0 Å². The summed E-state index contributed by atoms with van der Waals surface area (Å²) in [4.78, 5) is 39.2. The number of nitrogens with one attached hydrogen (secondary N) is 2. The highest BCUT2D eigenvalue weighted by Gasteiger charge is 2.53. The number of rotatable bonds is 9. The largest absolute Gasteiger partial charge is 0.465 e. The minimum absolute atomic E-state index is 0.0203. The first-order chi connectivity index (χ1) is 23.0. The Morgan fingerprint density at radius 3 is 2.14 bits per heavy atom. The van der Waals surface area contributed by atoms with Crippen LogP contribution in [-0.4, -0.2) is 66.7 Å². The summed E-state index contributed by atoms with van der Waals surface area (Å²) in [6, 6.07) is 19.2. The molecule has 0 aliphatic heterocycles. The molecule has 5 rings (SSSR count). The van der Waals surface area contributed by atoms with Crippen LogP contribution in [0.25, 0.3) is 22.4 Å². The molecule has 2 aromatic carbocycles. The molecule has 11 heteroatoms. The van der Waals surface area contributed by atoms with Crippen LogP contribution in [0, 0.1) is 5.92 Å². The maximum atomic E-state index is 13.1. The molecule has 3 amide bonds. The number of aromatic nitrogens is 2. The number of hydrogen-bond donors (Lipinski definition) is 4. The molecule has 0 saturated heterocycles. The van der Waals surface area contributed by atoms with Gasteiger partial charge in [0.2, 0.25) is 5.91 Å². The second-order valence-corrected chi connectivity index (χ2v) is 15.2. The molecule has 4 N–H and O–H groups in total. The lowest BCUT2D eigenvalue weighted by molar-refractivity contribution is -0.117. The van der Waals surface area contributed by atoms with Crippen molar-refractivity contribution < 1.29 is 29.3 Å². The number of aliphatic hydroxyl groups is 1. The quantitative estimate of drug-likeness (QED) is 0.184. The summed E-state index contributed by atoms with van der Waals surface area (Å²) in [6.07, 6.45) is 2.66. The van der Waals surface area contributed by atoms with Crippen molar-refractivity contribution in [2.45, 2.75) is 115 Å². The molecular formula is C38H49N5O6. The number of anilines is 1. The van der Waals surface area contributed by atoms with Crippen LogP contribution in [0.2, 0.25) is 0 Å². The topological polar surface area (TPSA) is 154 Å².